The Kier molecular flexibility index (Phi) is 10.0. The molecule has 0 saturated heterocycles. The van der Waals surface area contributed by atoms with Crippen molar-refractivity contribution in [2.45, 2.75) is 51.1 Å². The summed E-state index contributed by atoms with van der Waals surface area (Å²) in [5.74, 6) is 0.0281. The number of carbonyl (C=O) groups is 2. The van der Waals surface area contributed by atoms with Gasteiger partial charge in [0.25, 0.3) is 0 Å². The molecule has 0 unspecified atom stereocenters. The highest BCUT2D eigenvalue weighted by molar-refractivity contribution is 8.00. The van der Waals surface area contributed by atoms with Gasteiger partial charge >= 0.3 is 0 Å². The van der Waals surface area contributed by atoms with E-state index in [9.17, 15) is 9.59 Å². The molecule has 2 aromatic rings. The Bertz CT molecular complexity index is 859. The predicted octanol–water partition coefficient (Wildman–Crippen LogP) is 5.73. The van der Waals surface area contributed by atoms with Crippen LogP contribution in [0.3, 0.4) is 0 Å². The Balaban J connectivity index is 2.21. The van der Waals surface area contributed by atoms with Crippen molar-refractivity contribution in [1.82, 2.24) is 10.2 Å². The lowest BCUT2D eigenvalue weighted by Crippen LogP contribution is -2.49. The second-order valence-electron chi connectivity index (χ2n) is 7.09. The lowest BCUT2D eigenvalue weighted by molar-refractivity contribution is -0.139. The van der Waals surface area contributed by atoms with Crippen LogP contribution in [0.4, 0.5) is 0 Å². The number of amides is 2. The van der Waals surface area contributed by atoms with E-state index in [1.807, 2.05) is 51.1 Å². The van der Waals surface area contributed by atoms with Crippen LogP contribution in [-0.2, 0) is 16.1 Å². The van der Waals surface area contributed by atoms with Crippen molar-refractivity contribution < 1.29 is 9.59 Å². The smallest absolute Gasteiger partial charge is 0.242 e. The van der Waals surface area contributed by atoms with E-state index in [0.717, 1.165) is 16.9 Å². The van der Waals surface area contributed by atoms with Gasteiger partial charge in [-0.1, -0.05) is 60.8 Å². The van der Waals surface area contributed by atoms with E-state index in [1.54, 1.807) is 17.0 Å². The van der Waals surface area contributed by atoms with Crippen molar-refractivity contribution in [2.75, 3.05) is 12.3 Å². The normalized spacial score (nSPS) is 11.8. The molecule has 0 heterocycles. The van der Waals surface area contributed by atoms with Gasteiger partial charge in [-0.15, -0.1) is 11.8 Å². The highest BCUT2D eigenvalue weighted by atomic mass is 35.5. The number of nitrogens with one attached hydrogen (secondary N) is 1. The average Bonchev–Trinajstić information content (AvgIpc) is 2.74. The molecule has 0 radical (unpaired) electrons. The molecule has 2 rings (SSSR count). The SMILES string of the molecule is CCCNC(=O)[C@H](CC)N(Cc1ccc(Cl)c(Cl)c1)C(=O)CSc1ccc(C)cc1. The van der Waals surface area contributed by atoms with Crippen LogP contribution in [0.25, 0.3) is 0 Å². The summed E-state index contributed by atoms with van der Waals surface area (Å²) >= 11 is 13.7. The largest absolute Gasteiger partial charge is 0.354 e. The maximum atomic E-state index is 13.2. The summed E-state index contributed by atoms with van der Waals surface area (Å²) in [7, 11) is 0. The molecule has 1 N–H and O–H groups in total. The Morgan fingerprint density at radius 2 is 1.77 bits per heavy atom. The van der Waals surface area contributed by atoms with Crippen LogP contribution in [0.15, 0.2) is 47.4 Å². The van der Waals surface area contributed by atoms with Gasteiger partial charge in [-0.2, -0.15) is 0 Å². The molecule has 0 aliphatic rings. The second-order valence-corrected chi connectivity index (χ2v) is 8.95. The van der Waals surface area contributed by atoms with Gasteiger partial charge in [-0.25, -0.2) is 0 Å². The molecule has 0 aliphatic carbocycles. The molecule has 30 heavy (non-hydrogen) atoms. The predicted molar refractivity (Wildman–Crippen MR) is 126 cm³/mol. The lowest BCUT2D eigenvalue weighted by Gasteiger charge is -2.30. The van der Waals surface area contributed by atoms with Gasteiger partial charge in [0.05, 0.1) is 15.8 Å². The van der Waals surface area contributed by atoms with E-state index < -0.39 is 6.04 Å². The Hall–Kier alpha value is -1.69. The minimum absolute atomic E-state index is 0.0925. The zero-order chi connectivity index (χ0) is 22.1. The Morgan fingerprint density at radius 3 is 2.37 bits per heavy atom. The number of hydrogen-bond acceptors (Lipinski definition) is 3. The molecule has 0 aromatic heterocycles. The fraction of sp³-hybridized carbons (Fsp3) is 0.391. The van der Waals surface area contributed by atoms with Crippen LogP contribution >= 0.6 is 35.0 Å². The van der Waals surface area contributed by atoms with Crippen molar-refractivity contribution in [2.24, 2.45) is 0 Å². The fourth-order valence-corrected chi connectivity index (χ4v) is 4.09. The summed E-state index contributed by atoms with van der Waals surface area (Å²) in [5.41, 5.74) is 2.00. The van der Waals surface area contributed by atoms with Gasteiger partial charge in [-0.05, 0) is 49.6 Å². The van der Waals surface area contributed by atoms with Gasteiger partial charge in [-0.3, -0.25) is 9.59 Å². The molecule has 0 bridgehead atoms. The van der Waals surface area contributed by atoms with Crippen molar-refractivity contribution in [3.8, 4) is 0 Å². The zero-order valence-corrected chi connectivity index (χ0v) is 19.9. The van der Waals surface area contributed by atoms with Gasteiger partial charge in [0, 0.05) is 18.0 Å². The first-order valence-corrected chi connectivity index (χ1v) is 11.8. The standard InChI is InChI=1S/C23H28Cl2N2O2S/c1-4-12-26-23(29)21(5-2)27(14-17-8-11-19(24)20(25)13-17)22(28)15-30-18-9-6-16(3)7-10-18/h6-11,13,21H,4-5,12,14-15H2,1-3H3,(H,26,29)/t21-/m0/s1. The first-order valence-electron chi connectivity index (χ1n) is 10.1. The van der Waals surface area contributed by atoms with Crippen LogP contribution < -0.4 is 5.32 Å². The van der Waals surface area contributed by atoms with Crippen molar-refractivity contribution in [3.63, 3.8) is 0 Å². The number of hydrogen-bond donors (Lipinski definition) is 1. The van der Waals surface area contributed by atoms with Gasteiger partial charge in [0.1, 0.15) is 6.04 Å². The van der Waals surface area contributed by atoms with Crippen LogP contribution in [-0.4, -0.2) is 35.1 Å². The Morgan fingerprint density at radius 1 is 1.07 bits per heavy atom. The van der Waals surface area contributed by atoms with Gasteiger partial charge in [0.2, 0.25) is 11.8 Å². The van der Waals surface area contributed by atoms with E-state index in [1.165, 1.54) is 17.3 Å². The van der Waals surface area contributed by atoms with E-state index in [-0.39, 0.29) is 17.6 Å². The fourth-order valence-electron chi connectivity index (χ4n) is 2.98. The molecule has 7 heteroatoms. The molecular weight excluding hydrogens is 439 g/mol. The first-order chi connectivity index (χ1) is 14.3. The quantitative estimate of drug-likeness (QED) is 0.454. The molecule has 0 aliphatic heterocycles. The first kappa shape index (κ1) is 24.6. The summed E-state index contributed by atoms with van der Waals surface area (Å²) in [6, 6.07) is 12.8. The highest BCUT2D eigenvalue weighted by Gasteiger charge is 2.28. The van der Waals surface area contributed by atoms with Crippen LogP contribution in [0, 0.1) is 6.92 Å². The van der Waals surface area contributed by atoms with Crippen molar-refractivity contribution in [3.05, 3.63) is 63.6 Å². The van der Waals surface area contributed by atoms with E-state index in [2.05, 4.69) is 5.32 Å². The molecular formula is C23H28Cl2N2O2S. The average molecular weight is 467 g/mol. The summed E-state index contributed by atoms with van der Waals surface area (Å²) in [5, 5.41) is 3.81. The molecule has 162 valence electrons. The molecule has 2 amide bonds. The van der Waals surface area contributed by atoms with Crippen molar-refractivity contribution in [1.29, 1.82) is 0 Å². The molecule has 1 atom stereocenters. The number of benzene rings is 2. The number of aryl methyl sites for hydroxylation is 1. The molecule has 4 nitrogen and oxygen atoms in total. The third kappa shape index (κ3) is 7.22. The van der Waals surface area contributed by atoms with Crippen LogP contribution in [0.1, 0.15) is 37.8 Å². The maximum absolute atomic E-state index is 13.2. The van der Waals surface area contributed by atoms with Gasteiger partial charge < -0.3 is 10.2 Å². The summed E-state index contributed by atoms with van der Waals surface area (Å²) in [4.78, 5) is 28.6. The molecule has 2 aromatic carbocycles. The van der Waals surface area contributed by atoms with E-state index >= 15 is 0 Å². The number of carbonyl (C=O) groups excluding carboxylic acids is 2. The molecule has 0 saturated carbocycles. The zero-order valence-electron chi connectivity index (χ0n) is 17.6. The summed E-state index contributed by atoms with van der Waals surface area (Å²) in [6.45, 7) is 6.82. The summed E-state index contributed by atoms with van der Waals surface area (Å²) in [6.07, 6.45) is 1.37. The number of thioether (sulfide) groups is 1. The lowest BCUT2D eigenvalue weighted by atomic mass is 10.1. The Labute approximate surface area is 193 Å². The van der Waals surface area contributed by atoms with Crippen molar-refractivity contribution >= 4 is 46.8 Å². The third-order valence-corrected chi connectivity index (χ3v) is 6.39. The monoisotopic (exact) mass is 466 g/mol. The molecule has 0 spiro atoms. The van der Waals surface area contributed by atoms with E-state index in [4.69, 9.17) is 23.2 Å². The van der Waals surface area contributed by atoms with Crippen LogP contribution in [0.5, 0.6) is 0 Å². The number of rotatable bonds is 10. The highest BCUT2D eigenvalue weighted by Crippen LogP contribution is 2.25. The minimum Gasteiger partial charge on any atom is -0.354 e. The topological polar surface area (TPSA) is 49.4 Å². The molecule has 0 fully saturated rings. The second kappa shape index (κ2) is 12.2. The van der Waals surface area contributed by atoms with Crippen LogP contribution in [0.2, 0.25) is 10.0 Å². The number of nitrogens with zero attached hydrogens (tertiary/aromatic N) is 1. The maximum Gasteiger partial charge on any atom is 0.242 e. The third-order valence-electron chi connectivity index (χ3n) is 4.66. The minimum atomic E-state index is -0.544. The van der Waals surface area contributed by atoms with E-state index in [0.29, 0.717) is 29.6 Å². The number of halogens is 2. The van der Waals surface area contributed by atoms with Gasteiger partial charge in [0.15, 0.2) is 0 Å². The summed E-state index contributed by atoms with van der Waals surface area (Å²) < 4.78 is 0.